The molecule has 4 nitrogen and oxygen atoms in total. The van der Waals surface area contributed by atoms with Gasteiger partial charge in [-0.3, -0.25) is 5.84 Å². The molecule has 0 saturated carbocycles. The van der Waals surface area contributed by atoms with Crippen LogP contribution in [0.15, 0.2) is 0 Å². The normalized spacial score (nSPS) is 28.8. The van der Waals surface area contributed by atoms with E-state index in [9.17, 15) is 0 Å². The van der Waals surface area contributed by atoms with Crippen molar-refractivity contribution >= 4 is 0 Å². The molecule has 1 fully saturated rings. The van der Waals surface area contributed by atoms with Crippen LogP contribution in [0.25, 0.3) is 0 Å². The molecule has 0 bridgehead atoms. The smallest absolute Gasteiger partial charge is 0.0628 e. The summed E-state index contributed by atoms with van der Waals surface area (Å²) in [7, 11) is 1.71. The molecule has 1 saturated heterocycles. The molecule has 1 unspecified atom stereocenters. The van der Waals surface area contributed by atoms with Crippen LogP contribution in [0.2, 0.25) is 0 Å². The number of hydrogen-bond donors (Lipinski definition) is 2. The second kappa shape index (κ2) is 3.88. The molecular weight excluding hydrogens is 130 g/mol. The van der Waals surface area contributed by atoms with E-state index in [0.717, 1.165) is 26.2 Å². The number of piperazine rings is 1. The molecule has 60 valence electrons. The van der Waals surface area contributed by atoms with Crippen molar-refractivity contribution in [3.8, 4) is 0 Å². The molecule has 0 radical (unpaired) electrons. The quantitative estimate of drug-likeness (QED) is 0.478. The zero-order valence-electron chi connectivity index (χ0n) is 6.34. The average molecular weight is 145 g/mol. The monoisotopic (exact) mass is 145 g/mol. The number of hydrogen-bond acceptors (Lipinski definition) is 4. The molecule has 1 aliphatic heterocycles. The third-order valence-corrected chi connectivity index (χ3v) is 1.65. The highest BCUT2D eigenvalue weighted by Gasteiger charge is 2.15. The molecule has 0 aromatic carbocycles. The number of rotatable bonds is 2. The zero-order chi connectivity index (χ0) is 7.40. The first kappa shape index (κ1) is 7.94. The second-order valence-corrected chi connectivity index (χ2v) is 2.60. The van der Waals surface area contributed by atoms with Crippen LogP contribution in [0.5, 0.6) is 0 Å². The Morgan fingerprint density at radius 3 is 3.20 bits per heavy atom. The van der Waals surface area contributed by atoms with Gasteiger partial charge in [-0.25, -0.2) is 5.01 Å². The number of hydrazine groups is 1. The Labute approximate surface area is 61.3 Å². The van der Waals surface area contributed by atoms with Crippen molar-refractivity contribution in [1.82, 2.24) is 10.3 Å². The van der Waals surface area contributed by atoms with E-state index in [1.165, 1.54) is 0 Å². The van der Waals surface area contributed by atoms with Crippen molar-refractivity contribution in [2.45, 2.75) is 6.04 Å². The maximum Gasteiger partial charge on any atom is 0.0628 e. The van der Waals surface area contributed by atoms with Crippen LogP contribution < -0.4 is 11.2 Å². The predicted molar refractivity (Wildman–Crippen MR) is 39.4 cm³/mol. The highest BCUT2D eigenvalue weighted by atomic mass is 16.5. The van der Waals surface area contributed by atoms with E-state index in [4.69, 9.17) is 10.6 Å². The third kappa shape index (κ3) is 2.22. The number of ether oxygens (including phenoxy) is 1. The lowest BCUT2D eigenvalue weighted by Gasteiger charge is -2.29. The van der Waals surface area contributed by atoms with E-state index < -0.39 is 0 Å². The molecule has 4 heteroatoms. The Morgan fingerprint density at radius 2 is 2.60 bits per heavy atom. The minimum absolute atomic E-state index is 0.406. The van der Waals surface area contributed by atoms with Gasteiger partial charge in [0.15, 0.2) is 0 Å². The lowest BCUT2D eigenvalue weighted by atomic mass is 10.2. The van der Waals surface area contributed by atoms with Crippen molar-refractivity contribution in [3.63, 3.8) is 0 Å². The van der Waals surface area contributed by atoms with Crippen LogP contribution in [0.4, 0.5) is 0 Å². The molecule has 1 aliphatic rings. The average Bonchev–Trinajstić information content (AvgIpc) is 1.88. The topological polar surface area (TPSA) is 50.5 Å². The number of nitrogens with zero attached hydrogens (tertiary/aromatic N) is 1. The summed E-state index contributed by atoms with van der Waals surface area (Å²) in [6.45, 7) is 3.52. The largest absolute Gasteiger partial charge is 0.383 e. The highest BCUT2D eigenvalue weighted by molar-refractivity contribution is 4.74. The summed E-state index contributed by atoms with van der Waals surface area (Å²) in [5, 5.41) is 5.12. The fraction of sp³-hybridized carbons (Fsp3) is 1.00. The Balaban J connectivity index is 2.18. The molecule has 10 heavy (non-hydrogen) atoms. The number of nitrogens with one attached hydrogen (secondary N) is 1. The molecule has 0 amide bonds. The van der Waals surface area contributed by atoms with Crippen LogP contribution in [0.1, 0.15) is 0 Å². The lowest BCUT2D eigenvalue weighted by Crippen LogP contribution is -2.54. The summed E-state index contributed by atoms with van der Waals surface area (Å²) in [6.07, 6.45) is 0. The fourth-order valence-corrected chi connectivity index (χ4v) is 1.16. The van der Waals surface area contributed by atoms with Gasteiger partial charge >= 0.3 is 0 Å². The molecule has 0 aliphatic carbocycles. The summed E-state index contributed by atoms with van der Waals surface area (Å²) in [5.41, 5.74) is 0. The van der Waals surface area contributed by atoms with E-state index in [1.807, 2.05) is 5.01 Å². The van der Waals surface area contributed by atoms with Gasteiger partial charge in [-0.15, -0.1) is 0 Å². The highest BCUT2D eigenvalue weighted by Crippen LogP contribution is 1.93. The van der Waals surface area contributed by atoms with Crippen LogP contribution in [0, 0.1) is 0 Å². The van der Waals surface area contributed by atoms with Crippen LogP contribution >= 0.6 is 0 Å². The van der Waals surface area contributed by atoms with Gasteiger partial charge in [0.25, 0.3) is 0 Å². The van der Waals surface area contributed by atoms with Crippen molar-refractivity contribution < 1.29 is 4.74 Å². The van der Waals surface area contributed by atoms with E-state index in [1.54, 1.807) is 7.11 Å². The zero-order valence-corrected chi connectivity index (χ0v) is 6.34. The minimum Gasteiger partial charge on any atom is -0.383 e. The van der Waals surface area contributed by atoms with Gasteiger partial charge in [0.05, 0.1) is 6.61 Å². The fourth-order valence-electron chi connectivity index (χ4n) is 1.16. The van der Waals surface area contributed by atoms with Gasteiger partial charge in [0, 0.05) is 32.8 Å². The van der Waals surface area contributed by atoms with Gasteiger partial charge in [0.1, 0.15) is 0 Å². The molecule has 0 aromatic rings. The Bertz CT molecular complexity index is 97.0. The summed E-state index contributed by atoms with van der Waals surface area (Å²) in [6, 6.07) is 0.406. The Morgan fingerprint density at radius 1 is 1.80 bits per heavy atom. The maximum atomic E-state index is 5.59. The molecule has 1 atom stereocenters. The number of nitrogens with two attached hydrogens (primary N) is 1. The molecule has 0 aromatic heterocycles. The maximum absolute atomic E-state index is 5.59. The van der Waals surface area contributed by atoms with Gasteiger partial charge < -0.3 is 10.1 Å². The Kier molecular flexibility index (Phi) is 3.08. The van der Waals surface area contributed by atoms with E-state index in [2.05, 4.69) is 5.32 Å². The molecule has 1 heterocycles. The first-order chi connectivity index (χ1) is 4.83. The second-order valence-electron chi connectivity index (χ2n) is 2.60. The minimum atomic E-state index is 0.406. The Hall–Kier alpha value is -0.160. The summed E-state index contributed by atoms with van der Waals surface area (Å²) < 4.78 is 4.98. The SMILES string of the molecule is COCC1CN(N)CCN1. The van der Waals surface area contributed by atoms with Gasteiger partial charge in [-0.1, -0.05) is 0 Å². The first-order valence-corrected chi connectivity index (χ1v) is 3.55. The molecule has 0 spiro atoms. The van der Waals surface area contributed by atoms with Crippen molar-refractivity contribution in [2.24, 2.45) is 5.84 Å². The van der Waals surface area contributed by atoms with E-state index in [0.29, 0.717) is 6.04 Å². The van der Waals surface area contributed by atoms with E-state index in [-0.39, 0.29) is 0 Å². The van der Waals surface area contributed by atoms with Crippen LogP contribution in [0.3, 0.4) is 0 Å². The summed E-state index contributed by atoms with van der Waals surface area (Å²) >= 11 is 0. The van der Waals surface area contributed by atoms with Gasteiger partial charge in [0.2, 0.25) is 0 Å². The molecular formula is C6H15N3O. The third-order valence-electron chi connectivity index (χ3n) is 1.65. The molecule has 3 N–H and O–H groups in total. The van der Waals surface area contributed by atoms with Crippen LogP contribution in [-0.2, 0) is 4.74 Å². The predicted octanol–water partition coefficient (Wildman–Crippen LogP) is -1.22. The van der Waals surface area contributed by atoms with Gasteiger partial charge in [-0.05, 0) is 0 Å². The van der Waals surface area contributed by atoms with Crippen LogP contribution in [-0.4, -0.2) is 44.4 Å². The van der Waals surface area contributed by atoms with Crippen molar-refractivity contribution in [1.29, 1.82) is 0 Å². The first-order valence-electron chi connectivity index (χ1n) is 3.55. The molecule has 1 rings (SSSR count). The number of methoxy groups -OCH3 is 1. The summed E-state index contributed by atoms with van der Waals surface area (Å²) in [5.74, 6) is 5.59. The van der Waals surface area contributed by atoms with E-state index >= 15 is 0 Å². The van der Waals surface area contributed by atoms with Gasteiger partial charge in [-0.2, -0.15) is 0 Å². The lowest BCUT2D eigenvalue weighted by molar-refractivity contribution is 0.116. The summed E-state index contributed by atoms with van der Waals surface area (Å²) in [4.78, 5) is 0. The van der Waals surface area contributed by atoms with Crippen molar-refractivity contribution in [2.75, 3.05) is 33.4 Å². The van der Waals surface area contributed by atoms with Crippen molar-refractivity contribution in [3.05, 3.63) is 0 Å². The standard InChI is InChI=1S/C6H15N3O/c1-10-5-6-4-9(7)3-2-8-6/h6,8H,2-5,7H2,1H3.